The Balaban J connectivity index is 2.87. The van der Waals surface area contributed by atoms with Gasteiger partial charge in [0, 0.05) is 5.92 Å². The lowest BCUT2D eigenvalue weighted by Gasteiger charge is -2.41. The van der Waals surface area contributed by atoms with Crippen molar-refractivity contribution in [2.75, 3.05) is 0 Å². The lowest BCUT2D eigenvalue weighted by atomic mass is 9.64. The Hall–Kier alpha value is -0.388. The van der Waals surface area contributed by atoms with Gasteiger partial charge < -0.3 is 9.59 Å². The van der Waals surface area contributed by atoms with Gasteiger partial charge in [-0.3, -0.25) is 0 Å². The Morgan fingerprint density at radius 1 is 1.08 bits per heavy atom. The zero-order valence-corrected chi connectivity index (χ0v) is 18.2. The second-order valence-corrected chi connectivity index (χ2v) is 12.2. The van der Waals surface area contributed by atoms with Gasteiger partial charge in [0.05, 0.1) is 9.29 Å². The van der Waals surface area contributed by atoms with Gasteiger partial charge in [-0.25, -0.2) is 0 Å². The number of allylic oxidation sites excluding steroid dienone is 1. The molecule has 1 radical (unpaired) electrons. The third-order valence-corrected chi connectivity index (χ3v) is 6.22. The van der Waals surface area contributed by atoms with Gasteiger partial charge in [0.25, 0.3) is 0 Å². The van der Waals surface area contributed by atoms with Crippen LogP contribution < -0.4 is 0 Å². The number of carbonyl (C=O) groups is 2. The summed E-state index contributed by atoms with van der Waals surface area (Å²) in [5.74, 6) is 0.0480. The summed E-state index contributed by atoms with van der Waals surface area (Å²) in [6.45, 7) is 22.4. The van der Waals surface area contributed by atoms with Crippen LogP contribution in [0.5, 0.6) is 0 Å². The first-order chi connectivity index (χ1) is 10.6. The van der Waals surface area contributed by atoms with Gasteiger partial charge in [-0.1, -0.05) is 60.6 Å². The van der Waals surface area contributed by atoms with E-state index in [1.54, 1.807) is 0 Å². The fourth-order valence-electron chi connectivity index (χ4n) is 5.10. The Kier molecular flexibility index (Phi) is 6.74. The van der Waals surface area contributed by atoms with Crippen molar-refractivity contribution in [3.63, 3.8) is 0 Å². The van der Waals surface area contributed by atoms with Crippen molar-refractivity contribution in [1.82, 2.24) is 0 Å². The number of rotatable bonds is 7. The number of hydrogen-bond acceptors (Lipinski definition) is 2. The molecule has 24 heavy (non-hydrogen) atoms. The maximum atomic E-state index is 12.3. The van der Waals surface area contributed by atoms with Crippen LogP contribution in [0.25, 0.3) is 0 Å². The summed E-state index contributed by atoms with van der Waals surface area (Å²) in [7, 11) is 0. The van der Waals surface area contributed by atoms with Gasteiger partial charge in [0.1, 0.15) is 0 Å². The van der Waals surface area contributed by atoms with E-state index in [0.29, 0.717) is 11.8 Å². The van der Waals surface area contributed by atoms with Gasteiger partial charge in [-0.15, -0.1) is 0 Å². The highest BCUT2D eigenvalue weighted by Gasteiger charge is 2.41. The summed E-state index contributed by atoms with van der Waals surface area (Å²) < 4.78 is 0.389. The number of hydrogen-bond donors (Lipinski definition) is 0. The van der Waals surface area contributed by atoms with Gasteiger partial charge in [0.2, 0.25) is 0 Å². The topological polar surface area (TPSA) is 34.1 Å². The average Bonchev–Trinajstić information content (AvgIpc) is 2.59. The highest BCUT2D eigenvalue weighted by Crippen LogP contribution is 2.46. The SMILES string of the molecule is C=C(C)C(CC(C)(C)CC(C)(C)CC(C)(C)C)C1C[C](=O)[Al][C]1=O. The molecule has 0 aromatic rings. The van der Waals surface area contributed by atoms with Crippen LogP contribution in [0.1, 0.15) is 81.1 Å². The molecule has 0 spiro atoms. The molecule has 2 nitrogen and oxygen atoms in total. The average molecular weight is 347 g/mol. The molecule has 1 aliphatic rings. The molecule has 0 aromatic carbocycles. The molecule has 1 fully saturated rings. The van der Waals surface area contributed by atoms with E-state index in [4.69, 9.17) is 0 Å². The Morgan fingerprint density at radius 3 is 2.00 bits per heavy atom. The first-order valence-electron chi connectivity index (χ1n) is 9.19. The third-order valence-electron chi connectivity index (χ3n) is 4.95. The quantitative estimate of drug-likeness (QED) is 0.467. The van der Waals surface area contributed by atoms with Crippen molar-refractivity contribution >= 4 is 24.5 Å². The molecule has 1 heterocycles. The van der Waals surface area contributed by atoms with Crippen LogP contribution in [0, 0.1) is 28.1 Å². The van der Waals surface area contributed by atoms with Crippen LogP contribution in [-0.2, 0) is 9.59 Å². The summed E-state index contributed by atoms with van der Waals surface area (Å²) in [5, 5.41) is 0. The minimum Gasteiger partial charge on any atom is -0.321 e. The summed E-state index contributed by atoms with van der Waals surface area (Å²) in [6, 6.07) is 0. The summed E-state index contributed by atoms with van der Waals surface area (Å²) in [6.07, 6.45) is 3.68. The Morgan fingerprint density at radius 2 is 1.62 bits per heavy atom. The first kappa shape index (κ1) is 21.7. The molecule has 0 saturated carbocycles. The van der Waals surface area contributed by atoms with Gasteiger partial charge in [-0.2, -0.15) is 0 Å². The maximum Gasteiger partial charge on any atom is 0.421 e. The molecule has 1 rings (SSSR count). The van der Waals surface area contributed by atoms with Crippen molar-refractivity contribution in [3.8, 4) is 0 Å². The Labute approximate surface area is 155 Å². The van der Waals surface area contributed by atoms with Crippen molar-refractivity contribution in [2.24, 2.45) is 28.1 Å². The monoisotopic (exact) mass is 347 g/mol. The molecule has 3 heteroatoms. The second-order valence-electron chi connectivity index (χ2n) is 10.7. The summed E-state index contributed by atoms with van der Waals surface area (Å²) in [5.41, 5.74) is 1.75. The van der Waals surface area contributed by atoms with Crippen LogP contribution in [0.15, 0.2) is 12.2 Å². The molecule has 0 amide bonds. The highest BCUT2D eigenvalue weighted by atomic mass is 27.1. The van der Waals surface area contributed by atoms with Gasteiger partial charge in [0.15, 0.2) is 0 Å². The standard InChI is InChI=1S/C21H36O2.Al/c1-16(2)18(17(13-23)10-11-22)12-20(6,7)15-21(8,9)14-19(3,4)5;/h17-18H,1,10,12,14-15H2,2-9H3;. The van der Waals surface area contributed by atoms with Crippen LogP contribution in [0.3, 0.4) is 0 Å². The largest absolute Gasteiger partial charge is 0.421 e. The van der Waals surface area contributed by atoms with E-state index < -0.39 is 15.2 Å². The molecule has 1 aliphatic heterocycles. The zero-order chi connectivity index (χ0) is 18.9. The van der Waals surface area contributed by atoms with E-state index in [1.165, 1.54) is 6.42 Å². The first-order valence-corrected chi connectivity index (χ1v) is 10.3. The van der Waals surface area contributed by atoms with E-state index in [0.717, 1.165) is 18.4 Å². The fourth-order valence-corrected chi connectivity index (χ4v) is 6.36. The van der Waals surface area contributed by atoms with Crippen molar-refractivity contribution in [1.29, 1.82) is 0 Å². The summed E-state index contributed by atoms with van der Waals surface area (Å²) >= 11 is -0.644. The molecule has 0 bridgehead atoms. The molecule has 1 saturated heterocycles. The van der Waals surface area contributed by atoms with Crippen LogP contribution in [0.4, 0.5) is 0 Å². The minimum absolute atomic E-state index is 0.102. The lowest BCUT2D eigenvalue weighted by molar-refractivity contribution is -0.117. The molecule has 0 aliphatic carbocycles. The maximum absolute atomic E-state index is 12.3. The lowest BCUT2D eigenvalue weighted by Crippen LogP contribution is -2.32. The molecule has 2 unspecified atom stereocenters. The van der Waals surface area contributed by atoms with Crippen LogP contribution >= 0.6 is 0 Å². The predicted octanol–water partition coefficient (Wildman–Crippen LogP) is 5.22. The molecular weight excluding hydrogens is 311 g/mol. The normalized spacial score (nSPS) is 20.9. The van der Waals surface area contributed by atoms with Crippen molar-refractivity contribution < 1.29 is 9.59 Å². The molecular formula is C21H36AlO2. The smallest absolute Gasteiger partial charge is 0.321 e. The van der Waals surface area contributed by atoms with Crippen molar-refractivity contribution in [2.45, 2.75) is 81.1 Å². The van der Waals surface area contributed by atoms with Crippen LogP contribution in [-0.4, -0.2) is 24.5 Å². The second kappa shape index (κ2) is 7.47. The molecule has 0 N–H and O–H groups in total. The van der Waals surface area contributed by atoms with Gasteiger partial charge >= 0.3 is 15.2 Å². The molecule has 2 atom stereocenters. The fraction of sp³-hybridized carbons (Fsp3) is 0.810. The van der Waals surface area contributed by atoms with E-state index in [2.05, 4.69) is 55.0 Å². The van der Waals surface area contributed by atoms with E-state index in [1.807, 2.05) is 6.92 Å². The number of carbonyl (C=O) groups excluding carboxylic acids is 2. The molecule has 135 valence electrons. The van der Waals surface area contributed by atoms with Gasteiger partial charge in [-0.05, 0) is 54.8 Å². The van der Waals surface area contributed by atoms with E-state index >= 15 is 0 Å². The minimum atomic E-state index is -0.644. The van der Waals surface area contributed by atoms with Crippen LogP contribution in [0.2, 0.25) is 0 Å². The summed E-state index contributed by atoms with van der Waals surface area (Å²) in [4.78, 5) is 24.0. The third kappa shape index (κ3) is 6.85. The Bertz CT molecular complexity index is 508. The predicted molar refractivity (Wildman–Crippen MR) is 103 cm³/mol. The zero-order valence-electron chi connectivity index (χ0n) is 17.1. The molecule has 0 aromatic heterocycles. The van der Waals surface area contributed by atoms with E-state index in [9.17, 15) is 9.59 Å². The van der Waals surface area contributed by atoms with E-state index in [-0.39, 0.29) is 32.0 Å². The highest BCUT2D eigenvalue weighted by molar-refractivity contribution is 6.99. The van der Waals surface area contributed by atoms with Crippen molar-refractivity contribution in [3.05, 3.63) is 12.2 Å².